The highest BCUT2D eigenvalue weighted by Gasteiger charge is 2.24. The lowest BCUT2D eigenvalue weighted by molar-refractivity contribution is -0.115. The molecule has 1 aromatic heterocycles. The quantitative estimate of drug-likeness (QED) is 0.357. The molecule has 0 bridgehead atoms. The zero-order chi connectivity index (χ0) is 21.8. The first kappa shape index (κ1) is 21.1. The predicted octanol–water partition coefficient (Wildman–Crippen LogP) is 5.78. The number of carbonyl (C=O) groups is 2. The van der Waals surface area contributed by atoms with Crippen LogP contribution in [-0.4, -0.2) is 23.7 Å². The van der Waals surface area contributed by atoms with Crippen LogP contribution in [0, 0.1) is 0 Å². The van der Waals surface area contributed by atoms with Gasteiger partial charge in [-0.3, -0.25) is 4.79 Å². The fourth-order valence-corrected chi connectivity index (χ4v) is 4.05. The second-order valence-corrected chi connectivity index (χ2v) is 8.41. The van der Waals surface area contributed by atoms with Crippen molar-refractivity contribution in [3.8, 4) is 11.3 Å². The Bertz CT molecular complexity index is 1200. The average molecular weight is 497 g/mol. The summed E-state index contributed by atoms with van der Waals surface area (Å²) in [6, 6.07) is 18.1. The Hall–Kier alpha value is -3.10. The molecule has 0 atom stereocenters. The molecule has 1 saturated heterocycles. The van der Waals surface area contributed by atoms with Crippen LogP contribution >= 0.6 is 27.7 Å². The van der Waals surface area contributed by atoms with E-state index < -0.39 is 0 Å². The van der Waals surface area contributed by atoms with Gasteiger partial charge in [-0.2, -0.15) is 0 Å². The number of halogens is 1. The molecule has 2 heterocycles. The Morgan fingerprint density at radius 1 is 1.19 bits per heavy atom. The fourth-order valence-electron chi connectivity index (χ4n) is 2.84. The van der Waals surface area contributed by atoms with Crippen LogP contribution in [0.2, 0.25) is 0 Å². The van der Waals surface area contributed by atoms with Crippen molar-refractivity contribution >= 4 is 56.5 Å². The minimum Gasteiger partial charge on any atom is -0.462 e. The van der Waals surface area contributed by atoms with Gasteiger partial charge in [0.15, 0.2) is 5.17 Å². The van der Waals surface area contributed by atoms with E-state index in [1.54, 1.807) is 43.3 Å². The SMILES string of the molecule is CCOC(=O)c1ccc(-c2ccc(/C=C3\SC(=Nc4cccc(Br)c4)NC3=O)o2)cc1. The molecule has 1 N–H and O–H groups in total. The molecule has 2 aromatic carbocycles. The average Bonchev–Trinajstić information content (AvgIpc) is 3.35. The molecule has 0 spiro atoms. The van der Waals surface area contributed by atoms with E-state index in [2.05, 4.69) is 26.2 Å². The first-order valence-corrected chi connectivity index (χ1v) is 11.1. The smallest absolute Gasteiger partial charge is 0.338 e. The predicted molar refractivity (Wildman–Crippen MR) is 125 cm³/mol. The number of hydrogen-bond acceptors (Lipinski definition) is 6. The summed E-state index contributed by atoms with van der Waals surface area (Å²) in [5, 5.41) is 3.27. The Kier molecular flexibility index (Phi) is 6.39. The van der Waals surface area contributed by atoms with Crippen LogP contribution in [0.3, 0.4) is 0 Å². The molecule has 4 rings (SSSR count). The number of amidine groups is 1. The van der Waals surface area contributed by atoms with E-state index in [-0.39, 0.29) is 11.9 Å². The van der Waals surface area contributed by atoms with Crippen LogP contribution < -0.4 is 5.32 Å². The van der Waals surface area contributed by atoms with Gasteiger partial charge in [0.2, 0.25) is 0 Å². The number of amides is 1. The standard InChI is InChI=1S/C23H17BrN2O4S/c1-2-29-22(28)15-8-6-14(7-9-15)19-11-10-18(30-19)13-20-21(27)26-23(31-20)25-17-5-3-4-16(24)12-17/h3-13H,2H2,1H3,(H,25,26,27)/b20-13-. The third kappa shape index (κ3) is 5.15. The first-order chi connectivity index (χ1) is 15.0. The summed E-state index contributed by atoms with van der Waals surface area (Å²) >= 11 is 4.66. The van der Waals surface area contributed by atoms with Crippen molar-refractivity contribution in [2.24, 2.45) is 4.99 Å². The third-order valence-corrected chi connectivity index (χ3v) is 5.67. The number of thioether (sulfide) groups is 1. The number of aliphatic imine (C=N–C) groups is 1. The van der Waals surface area contributed by atoms with Gasteiger partial charge >= 0.3 is 5.97 Å². The van der Waals surface area contributed by atoms with Gasteiger partial charge in [-0.25, -0.2) is 9.79 Å². The summed E-state index contributed by atoms with van der Waals surface area (Å²) in [6.45, 7) is 2.10. The highest BCUT2D eigenvalue weighted by molar-refractivity contribution is 9.10. The molecular formula is C23H17BrN2O4S. The van der Waals surface area contributed by atoms with Gasteiger partial charge in [-0.05, 0) is 61.2 Å². The second-order valence-electron chi connectivity index (χ2n) is 6.46. The third-order valence-electron chi connectivity index (χ3n) is 4.27. The first-order valence-electron chi connectivity index (χ1n) is 9.44. The Labute approximate surface area is 191 Å². The van der Waals surface area contributed by atoms with E-state index in [4.69, 9.17) is 9.15 Å². The molecule has 3 aromatic rings. The second kappa shape index (κ2) is 9.36. The van der Waals surface area contributed by atoms with Crippen LogP contribution in [0.1, 0.15) is 23.0 Å². The molecule has 1 amide bonds. The van der Waals surface area contributed by atoms with Gasteiger partial charge in [0.05, 0.1) is 22.8 Å². The van der Waals surface area contributed by atoms with Crippen molar-refractivity contribution in [2.45, 2.75) is 6.92 Å². The van der Waals surface area contributed by atoms with Crippen LogP contribution in [0.4, 0.5) is 5.69 Å². The number of ether oxygens (including phenoxy) is 1. The number of furan rings is 1. The summed E-state index contributed by atoms with van der Waals surface area (Å²) in [5.74, 6) is 0.596. The normalized spacial score (nSPS) is 16.0. The molecule has 8 heteroatoms. The minimum absolute atomic E-state index is 0.226. The van der Waals surface area contributed by atoms with Crippen molar-refractivity contribution in [3.63, 3.8) is 0 Å². The van der Waals surface area contributed by atoms with E-state index in [0.717, 1.165) is 15.7 Å². The molecule has 1 aliphatic rings. The number of benzene rings is 2. The lowest BCUT2D eigenvalue weighted by Crippen LogP contribution is -2.19. The summed E-state index contributed by atoms with van der Waals surface area (Å²) in [6.07, 6.45) is 1.68. The van der Waals surface area contributed by atoms with Crippen molar-refractivity contribution in [3.05, 3.63) is 81.4 Å². The van der Waals surface area contributed by atoms with Gasteiger partial charge in [-0.1, -0.05) is 34.1 Å². The zero-order valence-electron chi connectivity index (χ0n) is 16.4. The van der Waals surface area contributed by atoms with Crippen LogP contribution in [0.25, 0.3) is 17.4 Å². The highest BCUT2D eigenvalue weighted by Crippen LogP contribution is 2.30. The minimum atomic E-state index is -0.358. The monoisotopic (exact) mass is 496 g/mol. The lowest BCUT2D eigenvalue weighted by atomic mass is 10.1. The highest BCUT2D eigenvalue weighted by atomic mass is 79.9. The topological polar surface area (TPSA) is 80.9 Å². The maximum Gasteiger partial charge on any atom is 0.338 e. The van der Waals surface area contributed by atoms with Crippen molar-refractivity contribution in [1.29, 1.82) is 0 Å². The molecule has 0 saturated carbocycles. The Morgan fingerprint density at radius 2 is 2.00 bits per heavy atom. The molecule has 31 heavy (non-hydrogen) atoms. The van der Waals surface area contributed by atoms with Crippen LogP contribution in [0.15, 0.2) is 79.5 Å². The Morgan fingerprint density at radius 3 is 2.74 bits per heavy atom. The van der Waals surface area contributed by atoms with E-state index in [9.17, 15) is 9.59 Å². The maximum atomic E-state index is 12.3. The molecule has 1 fully saturated rings. The molecule has 0 unspecified atom stereocenters. The van der Waals surface area contributed by atoms with Crippen molar-refractivity contribution in [1.82, 2.24) is 5.32 Å². The van der Waals surface area contributed by atoms with E-state index in [1.165, 1.54) is 11.8 Å². The number of hydrogen-bond donors (Lipinski definition) is 1. The van der Waals surface area contributed by atoms with Crippen LogP contribution in [0.5, 0.6) is 0 Å². The van der Waals surface area contributed by atoms with E-state index in [0.29, 0.717) is 33.8 Å². The largest absolute Gasteiger partial charge is 0.462 e. The molecule has 156 valence electrons. The molecule has 0 radical (unpaired) electrons. The summed E-state index contributed by atoms with van der Waals surface area (Å²) < 4.78 is 11.8. The maximum absolute atomic E-state index is 12.3. The molecule has 6 nitrogen and oxygen atoms in total. The van der Waals surface area contributed by atoms with Gasteiger partial charge in [-0.15, -0.1) is 0 Å². The summed E-state index contributed by atoms with van der Waals surface area (Å²) in [4.78, 5) is 29.0. The van der Waals surface area contributed by atoms with E-state index in [1.807, 2.05) is 30.3 Å². The Balaban J connectivity index is 1.49. The van der Waals surface area contributed by atoms with Gasteiger partial charge in [0, 0.05) is 16.1 Å². The number of nitrogens with one attached hydrogen (secondary N) is 1. The van der Waals surface area contributed by atoms with E-state index >= 15 is 0 Å². The van der Waals surface area contributed by atoms with Crippen molar-refractivity contribution < 1.29 is 18.7 Å². The lowest BCUT2D eigenvalue weighted by Gasteiger charge is -2.02. The number of carbonyl (C=O) groups excluding carboxylic acids is 2. The molecule has 0 aliphatic carbocycles. The van der Waals surface area contributed by atoms with Crippen LogP contribution in [-0.2, 0) is 9.53 Å². The molecule has 1 aliphatic heterocycles. The number of nitrogens with zero attached hydrogens (tertiary/aromatic N) is 1. The number of rotatable bonds is 5. The molecular weight excluding hydrogens is 480 g/mol. The van der Waals surface area contributed by atoms with Gasteiger partial charge in [0.1, 0.15) is 11.5 Å². The van der Waals surface area contributed by atoms with Gasteiger partial charge in [0.25, 0.3) is 5.91 Å². The number of esters is 1. The summed E-state index contributed by atoms with van der Waals surface area (Å²) in [5.41, 5.74) is 2.04. The fraction of sp³-hybridized carbons (Fsp3) is 0.0870. The zero-order valence-corrected chi connectivity index (χ0v) is 18.8. The van der Waals surface area contributed by atoms with Gasteiger partial charge < -0.3 is 14.5 Å². The van der Waals surface area contributed by atoms with Crippen molar-refractivity contribution in [2.75, 3.05) is 6.61 Å². The summed E-state index contributed by atoms with van der Waals surface area (Å²) in [7, 11) is 0.